The molecule has 0 spiro atoms. The van der Waals surface area contributed by atoms with Gasteiger partial charge in [0.1, 0.15) is 11.6 Å². The Kier molecular flexibility index (Phi) is 6.64. The van der Waals surface area contributed by atoms with E-state index in [1.165, 1.54) is 0 Å². The van der Waals surface area contributed by atoms with Crippen LogP contribution in [-0.4, -0.2) is 58.5 Å². The first-order valence-electron chi connectivity index (χ1n) is 12.1. The SMILES string of the molecule is O=C1Cc2ccccc2C(c2ccccc2)=N[C@@H]1Nc1nnc(-c2nc(C(F)(F)F)sc2N2CCOCC2=O)o1. The van der Waals surface area contributed by atoms with E-state index in [2.05, 4.69) is 25.5 Å². The molecule has 0 unspecified atom stereocenters. The zero-order valence-electron chi connectivity index (χ0n) is 20.5. The van der Waals surface area contributed by atoms with Crippen molar-refractivity contribution in [1.82, 2.24) is 15.2 Å². The molecule has 0 aliphatic carbocycles. The minimum Gasteiger partial charge on any atom is -0.402 e. The van der Waals surface area contributed by atoms with Crippen LogP contribution in [0.1, 0.15) is 21.7 Å². The number of alkyl halides is 3. The second kappa shape index (κ2) is 10.3. The van der Waals surface area contributed by atoms with Gasteiger partial charge in [0, 0.05) is 17.5 Å². The molecule has 4 heterocycles. The Balaban J connectivity index is 1.35. The van der Waals surface area contributed by atoms with Gasteiger partial charge in [-0.1, -0.05) is 71.0 Å². The monoisotopic (exact) mass is 568 g/mol. The fraction of sp³-hybridized carbons (Fsp3) is 0.231. The molecule has 2 aliphatic heterocycles. The Morgan fingerprint density at radius 3 is 2.58 bits per heavy atom. The summed E-state index contributed by atoms with van der Waals surface area (Å²) in [5.74, 6) is -1.14. The number of carbonyl (C=O) groups is 2. The number of amides is 1. The van der Waals surface area contributed by atoms with Gasteiger partial charge in [-0.15, -0.1) is 5.10 Å². The number of aliphatic imine (C=N–C) groups is 1. The summed E-state index contributed by atoms with van der Waals surface area (Å²) in [6, 6.07) is 16.5. The lowest BCUT2D eigenvalue weighted by Gasteiger charge is -2.25. The average molecular weight is 569 g/mol. The van der Waals surface area contributed by atoms with E-state index in [-0.39, 0.29) is 54.6 Å². The van der Waals surface area contributed by atoms with Crippen LogP contribution < -0.4 is 10.2 Å². The van der Waals surface area contributed by atoms with Gasteiger partial charge in [-0.25, -0.2) is 4.98 Å². The smallest absolute Gasteiger partial charge is 0.402 e. The topological polar surface area (TPSA) is 123 Å². The fourth-order valence-electron chi connectivity index (χ4n) is 4.38. The predicted octanol–water partition coefficient (Wildman–Crippen LogP) is 3.98. The molecular formula is C26H19F3N6O4S. The summed E-state index contributed by atoms with van der Waals surface area (Å²) in [4.78, 5) is 35.1. The fourth-order valence-corrected chi connectivity index (χ4v) is 5.35. The summed E-state index contributed by atoms with van der Waals surface area (Å²) in [6.07, 6.45) is -5.78. The van der Waals surface area contributed by atoms with E-state index in [4.69, 9.17) is 9.15 Å². The molecule has 14 heteroatoms. The quantitative estimate of drug-likeness (QED) is 0.384. The maximum Gasteiger partial charge on any atom is 0.443 e. The van der Waals surface area contributed by atoms with Gasteiger partial charge in [-0.3, -0.25) is 19.5 Å². The Morgan fingerprint density at radius 2 is 1.80 bits per heavy atom. The van der Waals surface area contributed by atoms with Crippen molar-refractivity contribution in [3.63, 3.8) is 0 Å². The van der Waals surface area contributed by atoms with Crippen LogP contribution in [0.5, 0.6) is 0 Å². The van der Waals surface area contributed by atoms with E-state index in [0.717, 1.165) is 21.6 Å². The number of Topliss-reactive ketones (excluding diaryl/α,β-unsaturated/α-hetero) is 1. The number of hydrogen-bond donors (Lipinski definition) is 1. The number of thiazole rings is 1. The largest absolute Gasteiger partial charge is 0.443 e. The van der Waals surface area contributed by atoms with Gasteiger partial charge >= 0.3 is 12.2 Å². The summed E-state index contributed by atoms with van der Waals surface area (Å²) in [5.41, 5.74) is 2.69. The maximum absolute atomic E-state index is 13.5. The molecule has 1 atom stereocenters. The number of carbonyl (C=O) groups excluding carboxylic acids is 2. The lowest BCUT2D eigenvalue weighted by Crippen LogP contribution is -2.41. The van der Waals surface area contributed by atoms with Gasteiger partial charge in [0.2, 0.25) is 5.01 Å². The first kappa shape index (κ1) is 25.8. The number of rotatable bonds is 5. The van der Waals surface area contributed by atoms with Crippen molar-refractivity contribution in [1.29, 1.82) is 0 Å². The summed E-state index contributed by atoms with van der Waals surface area (Å²) >= 11 is 0.300. The van der Waals surface area contributed by atoms with Crippen LogP contribution in [0.25, 0.3) is 11.6 Å². The van der Waals surface area contributed by atoms with Gasteiger partial charge in [0.15, 0.2) is 17.6 Å². The lowest BCUT2D eigenvalue weighted by molar-refractivity contribution is -0.137. The Bertz CT molecular complexity index is 1620. The Hall–Kier alpha value is -4.43. The molecule has 6 rings (SSSR count). The van der Waals surface area contributed by atoms with Crippen LogP contribution in [0.4, 0.5) is 24.2 Å². The van der Waals surface area contributed by atoms with E-state index in [1.54, 1.807) is 0 Å². The van der Waals surface area contributed by atoms with E-state index < -0.39 is 23.3 Å². The highest BCUT2D eigenvalue weighted by molar-refractivity contribution is 7.16. The number of benzene rings is 2. The molecule has 0 saturated carbocycles. The first-order chi connectivity index (χ1) is 19.3. The van der Waals surface area contributed by atoms with Crippen molar-refractivity contribution in [3.8, 4) is 11.6 Å². The van der Waals surface area contributed by atoms with E-state index in [1.807, 2.05) is 54.6 Å². The maximum atomic E-state index is 13.5. The van der Waals surface area contributed by atoms with Gasteiger partial charge in [0.05, 0.1) is 18.9 Å². The number of anilines is 2. The van der Waals surface area contributed by atoms with Crippen LogP contribution in [-0.2, 0) is 26.9 Å². The van der Waals surface area contributed by atoms with Gasteiger partial charge in [-0.2, -0.15) is 13.2 Å². The minimum atomic E-state index is -4.75. The second-order valence-corrected chi connectivity index (χ2v) is 9.85. The molecule has 2 aliphatic rings. The van der Waals surface area contributed by atoms with Crippen molar-refractivity contribution in [2.24, 2.45) is 4.99 Å². The highest BCUT2D eigenvalue weighted by Crippen LogP contribution is 2.42. The lowest BCUT2D eigenvalue weighted by atomic mass is 9.96. The van der Waals surface area contributed by atoms with Crippen LogP contribution in [0.15, 0.2) is 64.0 Å². The summed E-state index contributed by atoms with van der Waals surface area (Å²) in [7, 11) is 0. The molecule has 1 saturated heterocycles. The van der Waals surface area contributed by atoms with Crippen LogP contribution in [0, 0.1) is 0 Å². The molecule has 204 valence electrons. The summed E-state index contributed by atoms with van der Waals surface area (Å²) in [5, 5.41) is 9.31. The van der Waals surface area contributed by atoms with E-state index in [9.17, 15) is 22.8 Å². The normalized spacial score (nSPS) is 17.8. The van der Waals surface area contributed by atoms with Crippen molar-refractivity contribution in [2.45, 2.75) is 18.8 Å². The summed E-state index contributed by atoms with van der Waals surface area (Å²) in [6.45, 7) is -0.0864. The number of ether oxygens (including phenoxy) is 1. The third-order valence-corrected chi connectivity index (χ3v) is 7.34. The number of halogens is 3. The van der Waals surface area contributed by atoms with Crippen LogP contribution in [0.3, 0.4) is 0 Å². The molecule has 2 aromatic heterocycles. The predicted molar refractivity (Wildman–Crippen MR) is 138 cm³/mol. The zero-order chi connectivity index (χ0) is 27.9. The number of hydrogen-bond acceptors (Lipinski definition) is 10. The zero-order valence-corrected chi connectivity index (χ0v) is 21.3. The molecule has 1 amide bonds. The Labute approximate surface area is 228 Å². The second-order valence-electron chi connectivity index (χ2n) is 8.87. The number of nitrogens with one attached hydrogen (secondary N) is 1. The van der Waals surface area contributed by atoms with Crippen molar-refractivity contribution in [3.05, 3.63) is 76.3 Å². The number of morpholine rings is 1. The summed E-state index contributed by atoms with van der Waals surface area (Å²) < 4.78 is 51.3. The number of nitrogens with zero attached hydrogens (tertiary/aromatic N) is 5. The molecule has 2 aromatic carbocycles. The molecular weight excluding hydrogens is 549 g/mol. The molecule has 1 N–H and O–H groups in total. The minimum absolute atomic E-state index is 0.0404. The molecule has 0 bridgehead atoms. The molecule has 4 aromatic rings. The standard InChI is InChI=1S/C26H19F3N6O4S/c27-26(28,29)24-31-20(23(40-24)35-10-11-38-13-18(35)37)22-33-34-25(39-22)32-21-17(36)12-15-8-4-5-9-16(15)19(30-21)14-6-2-1-3-7-14/h1-9,21H,10-13H2,(H,32,34)/t21-/m1/s1. The number of ketones is 1. The molecule has 40 heavy (non-hydrogen) atoms. The van der Waals surface area contributed by atoms with Gasteiger partial charge in [0.25, 0.3) is 11.8 Å². The first-order valence-corrected chi connectivity index (χ1v) is 12.9. The van der Waals surface area contributed by atoms with Crippen molar-refractivity contribution >= 4 is 39.8 Å². The average Bonchev–Trinajstić information content (AvgIpc) is 3.57. The van der Waals surface area contributed by atoms with Crippen LogP contribution in [0.2, 0.25) is 0 Å². The van der Waals surface area contributed by atoms with Gasteiger partial charge in [-0.05, 0) is 5.56 Å². The highest BCUT2D eigenvalue weighted by atomic mass is 32.1. The van der Waals surface area contributed by atoms with Crippen LogP contribution >= 0.6 is 11.3 Å². The van der Waals surface area contributed by atoms with Crippen molar-refractivity contribution < 1.29 is 31.9 Å². The molecule has 0 radical (unpaired) electrons. The molecule has 10 nitrogen and oxygen atoms in total. The highest BCUT2D eigenvalue weighted by Gasteiger charge is 2.39. The number of aromatic nitrogens is 3. The van der Waals surface area contributed by atoms with Gasteiger partial charge < -0.3 is 14.5 Å². The number of fused-ring (bicyclic) bond motifs is 1. The van der Waals surface area contributed by atoms with E-state index >= 15 is 0 Å². The Morgan fingerprint density at radius 1 is 1.02 bits per heavy atom. The third kappa shape index (κ3) is 4.98. The molecule has 1 fully saturated rings. The van der Waals surface area contributed by atoms with Crippen molar-refractivity contribution in [2.75, 3.05) is 30.0 Å². The van der Waals surface area contributed by atoms with E-state index in [0.29, 0.717) is 17.0 Å². The third-order valence-electron chi connectivity index (χ3n) is 6.22.